The maximum Gasteiger partial charge on any atom is 0.269 e. The molecule has 0 saturated carbocycles. The second-order valence-corrected chi connectivity index (χ2v) is 7.34. The molecule has 0 atom stereocenters. The number of ether oxygens (including phenoxy) is 1. The van der Waals surface area contributed by atoms with Gasteiger partial charge in [-0.3, -0.25) is 15.6 Å². The van der Waals surface area contributed by atoms with E-state index in [-0.39, 0.29) is 5.91 Å². The normalized spacial score (nSPS) is 10.2. The number of benzene rings is 1. The minimum Gasteiger partial charge on any atom is -0.497 e. The number of thiocarbonyl (C=S) groups is 1. The topological polar surface area (TPSA) is 50.4 Å². The van der Waals surface area contributed by atoms with Gasteiger partial charge < -0.3 is 4.74 Å². The summed E-state index contributed by atoms with van der Waals surface area (Å²) in [5.41, 5.74) is 5.97. The van der Waals surface area contributed by atoms with Crippen molar-refractivity contribution in [2.75, 3.05) is 12.9 Å². The van der Waals surface area contributed by atoms with Crippen LogP contribution in [0.25, 0.3) is 0 Å². The fourth-order valence-corrected chi connectivity index (χ4v) is 3.14. The van der Waals surface area contributed by atoms with Crippen LogP contribution in [0.5, 0.6) is 5.75 Å². The van der Waals surface area contributed by atoms with E-state index >= 15 is 0 Å². The largest absolute Gasteiger partial charge is 0.497 e. The van der Waals surface area contributed by atoms with Crippen molar-refractivity contribution in [2.45, 2.75) is 51.9 Å². The van der Waals surface area contributed by atoms with Crippen LogP contribution in [0.4, 0.5) is 0 Å². The Kier molecular flexibility index (Phi) is 11.3. The van der Waals surface area contributed by atoms with Crippen LogP contribution in [0.15, 0.2) is 24.3 Å². The molecular weight excluding hydrogens is 340 g/mol. The number of carbonyl (C=O) groups is 1. The highest BCUT2D eigenvalue weighted by Crippen LogP contribution is 2.12. The first-order valence-electron chi connectivity index (χ1n) is 8.54. The molecule has 1 aromatic rings. The quantitative estimate of drug-likeness (QED) is 0.356. The predicted octanol–water partition coefficient (Wildman–Crippen LogP) is 4.70. The molecule has 0 aliphatic carbocycles. The Labute approximate surface area is 155 Å². The van der Waals surface area contributed by atoms with E-state index in [1.807, 2.05) is 0 Å². The number of nitrogens with one attached hydrogen (secondary N) is 2. The first-order chi connectivity index (χ1) is 11.7. The summed E-state index contributed by atoms with van der Waals surface area (Å²) in [6.07, 6.45) is 9.02. The van der Waals surface area contributed by atoms with Gasteiger partial charge in [0, 0.05) is 11.3 Å². The van der Waals surface area contributed by atoms with Gasteiger partial charge in [0.2, 0.25) is 0 Å². The van der Waals surface area contributed by atoms with Crippen molar-refractivity contribution in [3.63, 3.8) is 0 Å². The van der Waals surface area contributed by atoms with Crippen molar-refractivity contribution in [1.82, 2.24) is 10.9 Å². The number of carbonyl (C=O) groups excluding carboxylic acids is 1. The standard InChI is InChI=1S/C18H28N2O2S2/c1-3-4-5-6-7-8-9-14-24-18(23)20-19-17(21)15-10-12-16(22-2)13-11-15/h10-13H,3-9,14H2,1-2H3,(H,19,21)(H,20,23). The van der Waals surface area contributed by atoms with E-state index in [9.17, 15) is 4.79 Å². The summed E-state index contributed by atoms with van der Waals surface area (Å²) >= 11 is 6.79. The van der Waals surface area contributed by atoms with Gasteiger partial charge >= 0.3 is 0 Å². The predicted molar refractivity (Wildman–Crippen MR) is 107 cm³/mol. The number of thioether (sulfide) groups is 1. The molecule has 0 unspecified atom stereocenters. The summed E-state index contributed by atoms with van der Waals surface area (Å²) in [7, 11) is 1.59. The van der Waals surface area contributed by atoms with E-state index in [2.05, 4.69) is 17.8 Å². The molecule has 0 spiro atoms. The molecule has 0 radical (unpaired) electrons. The summed E-state index contributed by atoms with van der Waals surface area (Å²) in [6, 6.07) is 6.93. The van der Waals surface area contributed by atoms with Gasteiger partial charge in [-0.2, -0.15) is 0 Å². The highest BCUT2D eigenvalue weighted by Gasteiger charge is 2.06. The van der Waals surface area contributed by atoms with Crippen LogP contribution in [0.3, 0.4) is 0 Å². The second-order valence-electron chi connectivity index (χ2n) is 5.56. The zero-order valence-corrected chi connectivity index (χ0v) is 16.2. The van der Waals surface area contributed by atoms with Crippen LogP contribution in [0.1, 0.15) is 62.2 Å². The molecule has 0 fully saturated rings. The minimum atomic E-state index is -0.212. The van der Waals surface area contributed by atoms with Crippen molar-refractivity contribution >= 4 is 34.2 Å². The van der Waals surface area contributed by atoms with E-state index in [1.54, 1.807) is 43.1 Å². The zero-order valence-electron chi connectivity index (χ0n) is 14.6. The SMILES string of the molecule is CCCCCCCCCSC(=S)NNC(=O)c1ccc(OC)cc1. The molecule has 24 heavy (non-hydrogen) atoms. The number of amides is 1. The average Bonchev–Trinajstić information content (AvgIpc) is 2.62. The van der Waals surface area contributed by atoms with Gasteiger partial charge in [-0.05, 0) is 30.7 Å². The molecule has 1 amide bonds. The van der Waals surface area contributed by atoms with Gasteiger partial charge in [-0.1, -0.05) is 69.4 Å². The third-order valence-corrected chi connectivity index (χ3v) is 4.92. The van der Waals surface area contributed by atoms with Gasteiger partial charge in [0.25, 0.3) is 5.91 Å². The van der Waals surface area contributed by atoms with E-state index in [1.165, 1.54) is 38.5 Å². The Balaban J connectivity index is 2.09. The number of hydrogen-bond acceptors (Lipinski definition) is 4. The number of hydrazine groups is 1. The third-order valence-electron chi connectivity index (χ3n) is 3.61. The maximum absolute atomic E-state index is 12.0. The van der Waals surface area contributed by atoms with Crippen molar-refractivity contribution in [3.8, 4) is 5.75 Å². The third kappa shape index (κ3) is 9.13. The Morgan fingerprint density at radius 1 is 1.04 bits per heavy atom. The van der Waals surface area contributed by atoms with E-state index < -0.39 is 0 Å². The lowest BCUT2D eigenvalue weighted by atomic mass is 10.1. The molecule has 2 N–H and O–H groups in total. The van der Waals surface area contributed by atoms with Crippen molar-refractivity contribution in [3.05, 3.63) is 29.8 Å². The first-order valence-corrected chi connectivity index (χ1v) is 9.94. The maximum atomic E-state index is 12.0. The molecule has 0 aromatic heterocycles. The van der Waals surface area contributed by atoms with Gasteiger partial charge in [-0.25, -0.2) is 0 Å². The molecule has 1 aromatic carbocycles. The van der Waals surface area contributed by atoms with Crippen molar-refractivity contribution < 1.29 is 9.53 Å². The summed E-state index contributed by atoms with van der Waals surface area (Å²) in [4.78, 5) is 12.0. The number of methoxy groups -OCH3 is 1. The molecule has 0 heterocycles. The lowest BCUT2D eigenvalue weighted by Crippen LogP contribution is -2.39. The number of rotatable bonds is 10. The molecule has 1 rings (SSSR count). The fourth-order valence-electron chi connectivity index (χ4n) is 2.18. The summed E-state index contributed by atoms with van der Waals surface area (Å²) in [5, 5.41) is 0. The van der Waals surface area contributed by atoms with Crippen LogP contribution >= 0.6 is 24.0 Å². The van der Waals surface area contributed by atoms with Gasteiger partial charge in [0.05, 0.1) is 7.11 Å². The van der Waals surface area contributed by atoms with E-state index in [4.69, 9.17) is 17.0 Å². The van der Waals surface area contributed by atoms with Crippen molar-refractivity contribution in [1.29, 1.82) is 0 Å². The molecule has 0 bridgehead atoms. The minimum absolute atomic E-state index is 0.212. The average molecular weight is 369 g/mol. The first kappa shape index (κ1) is 20.8. The van der Waals surface area contributed by atoms with Crippen LogP contribution in [0, 0.1) is 0 Å². The Bertz CT molecular complexity index is 492. The fraction of sp³-hybridized carbons (Fsp3) is 0.556. The van der Waals surface area contributed by atoms with Gasteiger partial charge in [0.15, 0.2) is 4.32 Å². The molecule has 0 aliphatic heterocycles. The van der Waals surface area contributed by atoms with Crippen LogP contribution < -0.4 is 15.6 Å². The lowest BCUT2D eigenvalue weighted by Gasteiger charge is -2.09. The zero-order chi connectivity index (χ0) is 17.6. The molecular formula is C18H28N2O2S2. The van der Waals surface area contributed by atoms with E-state index in [0.29, 0.717) is 9.88 Å². The summed E-state index contributed by atoms with van der Waals surface area (Å²) < 4.78 is 5.67. The lowest BCUT2D eigenvalue weighted by molar-refractivity contribution is 0.0944. The van der Waals surface area contributed by atoms with Gasteiger partial charge in [0.1, 0.15) is 5.75 Å². The number of unbranched alkanes of at least 4 members (excludes halogenated alkanes) is 6. The molecule has 134 valence electrons. The van der Waals surface area contributed by atoms with Gasteiger partial charge in [-0.15, -0.1) is 0 Å². The molecule has 6 heteroatoms. The van der Waals surface area contributed by atoms with Crippen LogP contribution in [0.2, 0.25) is 0 Å². The van der Waals surface area contributed by atoms with Crippen molar-refractivity contribution in [2.24, 2.45) is 0 Å². The smallest absolute Gasteiger partial charge is 0.269 e. The monoisotopic (exact) mass is 368 g/mol. The Hall–Kier alpha value is -1.27. The summed E-state index contributed by atoms with van der Waals surface area (Å²) in [6.45, 7) is 2.23. The highest BCUT2D eigenvalue weighted by atomic mass is 32.2. The Morgan fingerprint density at radius 2 is 1.67 bits per heavy atom. The second kappa shape index (κ2) is 13.1. The summed E-state index contributed by atoms with van der Waals surface area (Å²) in [5.74, 6) is 1.50. The van der Waals surface area contributed by atoms with Crippen LogP contribution in [-0.2, 0) is 0 Å². The Morgan fingerprint density at radius 3 is 2.29 bits per heavy atom. The van der Waals surface area contributed by atoms with Crippen LogP contribution in [-0.4, -0.2) is 23.1 Å². The molecule has 4 nitrogen and oxygen atoms in total. The number of hydrogen-bond donors (Lipinski definition) is 2. The molecule has 0 aliphatic rings. The highest BCUT2D eigenvalue weighted by molar-refractivity contribution is 8.22. The molecule has 0 saturated heterocycles. The van der Waals surface area contributed by atoms with E-state index in [0.717, 1.165) is 17.9 Å².